The standard InChI is InChI=1S/C11H18ClN5O2/c1-17(7-11(18)2-4-19-5-3-11)9-8(12)6-14-10(15-9)16-13/h6,18H,2-5,7,13H2,1H3,(H,14,15,16). The SMILES string of the molecule is CN(CC1(O)CCOCC1)c1nc(NN)ncc1Cl. The molecule has 8 heteroatoms. The number of hydrogen-bond donors (Lipinski definition) is 3. The third-order valence-electron chi connectivity index (χ3n) is 3.17. The molecule has 0 radical (unpaired) electrons. The maximum Gasteiger partial charge on any atom is 0.239 e. The molecule has 0 bridgehead atoms. The van der Waals surface area contributed by atoms with Crippen molar-refractivity contribution in [2.45, 2.75) is 18.4 Å². The van der Waals surface area contributed by atoms with E-state index in [1.165, 1.54) is 6.20 Å². The van der Waals surface area contributed by atoms with Crippen LogP contribution in [0.4, 0.5) is 11.8 Å². The Balaban J connectivity index is 2.12. The average molecular weight is 288 g/mol. The van der Waals surface area contributed by atoms with Gasteiger partial charge in [-0.15, -0.1) is 0 Å². The van der Waals surface area contributed by atoms with E-state index in [0.29, 0.717) is 43.4 Å². The lowest BCUT2D eigenvalue weighted by Crippen LogP contribution is -2.46. The van der Waals surface area contributed by atoms with Crippen LogP contribution >= 0.6 is 11.6 Å². The Kier molecular flexibility index (Phi) is 4.41. The van der Waals surface area contributed by atoms with Gasteiger partial charge in [-0.3, -0.25) is 5.43 Å². The van der Waals surface area contributed by atoms with Gasteiger partial charge < -0.3 is 14.7 Å². The summed E-state index contributed by atoms with van der Waals surface area (Å²) in [6, 6.07) is 0. The van der Waals surface area contributed by atoms with Gasteiger partial charge in [0.15, 0.2) is 5.82 Å². The van der Waals surface area contributed by atoms with Gasteiger partial charge in [-0.05, 0) is 0 Å². The Labute approximate surface area is 116 Å². The van der Waals surface area contributed by atoms with Crippen molar-refractivity contribution in [3.63, 3.8) is 0 Å². The molecule has 1 fully saturated rings. The summed E-state index contributed by atoms with van der Waals surface area (Å²) in [7, 11) is 1.82. The van der Waals surface area contributed by atoms with Gasteiger partial charge >= 0.3 is 0 Å². The number of likely N-dealkylation sites (N-methyl/N-ethyl adjacent to an activating group) is 1. The topological polar surface area (TPSA) is 96.5 Å². The van der Waals surface area contributed by atoms with Gasteiger partial charge in [0, 0.05) is 39.6 Å². The van der Waals surface area contributed by atoms with E-state index in [1.54, 1.807) is 4.90 Å². The highest BCUT2D eigenvalue weighted by Crippen LogP contribution is 2.27. The lowest BCUT2D eigenvalue weighted by Gasteiger charge is -2.36. The smallest absolute Gasteiger partial charge is 0.239 e. The van der Waals surface area contributed by atoms with Crippen molar-refractivity contribution in [3.05, 3.63) is 11.2 Å². The zero-order valence-electron chi connectivity index (χ0n) is 10.8. The molecule has 4 N–H and O–H groups in total. The molecule has 2 heterocycles. The number of anilines is 2. The van der Waals surface area contributed by atoms with Crippen LogP contribution in [0.3, 0.4) is 0 Å². The second-order valence-electron chi connectivity index (χ2n) is 4.70. The number of nitrogen functional groups attached to an aromatic ring is 1. The monoisotopic (exact) mass is 287 g/mol. The third kappa shape index (κ3) is 3.44. The Hall–Kier alpha value is -1.15. The second kappa shape index (κ2) is 5.87. The van der Waals surface area contributed by atoms with E-state index < -0.39 is 5.60 Å². The van der Waals surface area contributed by atoms with Crippen LogP contribution in [0.1, 0.15) is 12.8 Å². The predicted octanol–water partition coefficient (Wildman–Crippen LogP) is 0.393. The number of ether oxygens (including phenoxy) is 1. The summed E-state index contributed by atoms with van der Waals surface area (Å²) in [5, 5.41) is 10.9. The fourth-order valence-electron chi connectivity index (χ4n) is 2.12. The van der Waals surface area contributed by atoms with Crippen molar-refractivity contribution in [3.8, 4) is 0 Å². The molecule has 1 saturated heterocycles. The third-order valence-corrected chi connectivity index (χ3v) is 3.44. The molecule has 1 aromatic rings. The van der Waals surface area contributed by atoms with Gasteiger partial charge in [0.2, 0.25) is 5.95 Å². The highest BCUT2D eigenvalue weighted by atomic mass is 35.5. The molecule has 1 aromatic heterocycles. The number of hydrazine groups is 1. The molecule has 19 heavy (non-hydrogen) atoms. The molecule has 0 aliphatic carbocycles. The quantitative estimate of drug-likeness (QED) is 0.544. The molecule has 1 aliphatic rings. The lowest BCUT2D eigenvalue weighted by atomic mass is 9.94. The Morgan fingerprint density at radius 3 is 2.89 bits per heavy atom. The predicted molar refractivity (Wildman–Crippen MR) is 73.1 cm³/mol. The molecule has 0 aromatic carbocycles. The molecule has 1 aliphatic heterocycles. The number of aliphatic hydroxyl groups is 1. The van der Waals surface area contributed by atoms with Crippen LogP contribution in [0.15, 0.2) is 6.20 Å². The first-order valence-electron chi connectivity index (χ1n) is 6.04. The second-order valence-corrected chi connectivity index (χ2v) is 5.11. The zero-order chi connectivity index (χ0) is 13.9. The minimum atomic E-state index is -0.780. The van der Waals surface area contributed by atoms with Crippen LogP contribution in [0, 0.1) is 0 Å². The molecule has 7 nitrogen and oxygen atoms in total. The van der Waals surface area contributed by atoms with Crippen molar-refractivity contribution in [1.29, 1.82) is 0 Å². The first-order valence-corrected chi connectivity index (χ1v) is 6.42. The first-order chi connectivity index (χ1) is 9.04. The van der Waals surface area contributed by atoms with Crippen LogP contribution in [0.5, 0.6) is 0 Å². The van der Waals surface area contributed by atoms with Gasteiger partial charge in [0.05, 0.1) is 11.8 Å². The van der Waals surface area contributed by atoms with Gasteiger partial charge in [0.1, 0.15) is 5.02 Å². The van der Waals surface area contributed by atoms with Crippen LogP contribution in [0.2, 0.25) is 5.02 Å². The van der Waals surface area contributed by atoms with Gasteiger partial charge in [-0.2, -0.15) is 4.98 Å². The van der Waals surface area contributed by atoms with Crippen molar-refractivity contribution >= 4 is 23.4 Å². The number of nitrogens with two attached hydrogens (primary N) is 1. The number of halogens is 1. The van der Waals surface area contributed by atoms with E-state index in [0.717, 1.165) is 0 Å². The Morgan fingerprint density at radius 2 is 2.26 bits per heavy atom. The maximum atomic E-state index is 10.5. The highest BCUT2D eigenvalue weighted by molar-refractivity contribution is 6.32. The number of hydrogen-bond acceptors (Lipinski definition) is 7. The average Bonchev–Trinajstić information content (AvgIpc) is 2.39. The minimum Gasteiger partial charge on any atom is -0.388 e. The normalized spacial score (nSPS) is 18.1. The van der Waals surface area contributed by atoms with Crippen LogP contribution in [0.25, 0.3) is 0 Å². The van der Waals surface area contributed by atoms with E-state index in [9.17, 15) is 5.11 Å². The van der Waals surface area contributed by atoms with Gasteiger partial charge in [0.25, 0.3) is 0 Å². The Morgan fingerprint density at radius 1 is 1.58 bits per heavy atom. The van der Waals surface area contributed by atoms with Crippen LogP contribution in [-0.4, -0.2) is 47.5 Å². The first kappa shape index (κ1) is 14.3. The summed E-state index contributed by atoms with van der Waals surface area (Å²) in [6.07, 6.45) is 2.67. The van der Waals surface area contributed by atoms with E-state index in [-0.39, 0.29) is 5.95 Å². The minimum absolute atomic E-state index is 0.283. The zero-order valence-corrected chi connectivity index (χ0v) is 11.5. The van der Waals surface area contributed by atoms with Crippen molar-refractivity contribution in [1.82, 2.24) is 9.97 Å². The highest BCUT2D eigenvalue weighted by Gasteiger charge is 2.32. The summed E-state index contributed by atoms with van der Waals surface area (Å²) in [4.78, 5) is 9.91. The van der Waals surface area contributed by atoms with Gasteiger partial charge in [-0.25, -0.2) is 10.8 Å². The molecule has 2 rings (SSSR count). The molecular weight excluding hydrogens is 270 g/mol. The summed E-state index contributed by atoms with van der Waals surface area (Å²) < 4.78 is 5.26. The van der Waals surface area contributed by atoms with Crippen molar-refractivity contribution in [2.24, 2.45) is 5.84 Å². The van der Waals surface area contributed by atoms with E-state index >= 15 is 0 Å². The van der Waals surface area contributed by atoms with E-state index in [4.69, 9.17) is 22.2 Å². The lowest BCUT2D eigenvalue weighted by molar-refractivity contribution is -0.0573. The molecule has 0 spiro atoms. The Bertz CT molecular complexity index is 439. The largest absolute Gasteiger partial charge is 0.388 e. The van der Waals surface area contributed by atoms with Crippen LogP contribution in [-0.2, 0) is 4.74 Å². The van der Waals surface area contributed by atoms with Gasteiger partial charge in [-0.1, -0.05) is 11.6 Å². The van der Waals surface area contributed by atoms with Crippen molar-refractivity contribution in [2.75, 3.05) is 37.1 Å². The van der Waals surface area contributed by atoms with Crippen LogP contribution < -0.4 is 16.2 Å². The van der Waals surface area contributed by atoms with E-state index in [1.807, 2.05) is 7.05 Å². The molecule has 0 saturated carbocycles. The summed E-state index contributed by atoms with van der Waals surface area (Å²) >= 11 is 6.07. The summed E-state index contributed by atoms with van der Waals surface area (Å²) in [5.41, 5.74) is 1.59. The molecule has 0 atom stereocenters. The number of rotatable bonds is 4. The fraction of sp³-hybridized carbons (Fsp3) is 0.636. The number of aromatic nitrogens is 2. The molecule has 0 unspecified atom stereocenters. The summed E-state index contributed by atoms with van der Waals surface area (Å²) in [5.74, 6) is 6.09. The maximum absolute atomic E-state index is 10.5. The summed E-state index contributed by atoms with van der Waals surface area (Å²) in [6.45, 7) is 1.56. The van der Waals surface area contributed by atoms with Crippen molar-refractivity contribution < 1.29 is 9.84 Å². The fourth-order valence-corrected chi connectivity index (χ4v) is 2.36. The number of nitrogens with one attached hydrogen (secondary N) is 1. The molecular formula is C11H18ClN5O2. The number of nitrogens with zero attached hydrogens (tertiary/aromatic N) is 3. The molecule has 106 valence electrons. The van der Waals surface area contributed by atoms with E-state index in [2.05, 4.69) is 15.4 Å². The molecule has 0 amide bonds.